The monoisotopic (exact) mass is 191 g/mol. The zero-order chi connectivity index (χ0) is 10.7. The first kappa shape index (κ1) is 14.7. The molecule has 0 bridgehead atoms. The minimum atomic E-state index is -1.46. The minimum absolute atomic E-state index is 0.169. The van der Waals surface area contributed by atoms with Crippen LogP contribution in [0, 0.1) is 0 Å². The number of quaternary nitrogens is 1. The summed E-state index contributed by atoms with van der Waals surface area (Å²) < 4.78 is 3.85. The summed E-state index contributed by atoms with van der Waals surface area (Å²) in [5.74, 6) is 0. The van der Waals surface area contributed by atoms with Crippen molar-refractivity contribution in [2.24, 2.45) is 0 Å². The lowest BCUT2D eigenvalue weighted by Gasteiger charge is -2.10. The molecule has 4 heteroatoms. The molecular formula is C9H21NO3. The first-order valence-corrected chi connectivity index (χ1v) is 4.79. The second-order valence-electron chi connectivity index (χ2n) is 2.49. The Hall–Kier alpha value is -0.770. The molecule has 0 radical (unpaired) electrons. The summed E-state index contributed by atoms with van der Waals surface area (Å²) in [4.78, 5) is 10.9. The van der Waals surface area contributed by atoms with Gasteiger partial charge in [-0.05, 0) is 27.7 Å². The minimum Gasteiger partial charge on any atom is -0.550 e. The first-order valence-electron chi connectivity index (χ1n) is 4.79. The third-order valence-electron chi connectivity index (χ3n) is 1.76. The zero-order valence-corrected chi connectivity index (χ0v) is 9.05. The van der Waals surface area contributed by atoms with Crippen LogP contribution in [0.15, 0.2) is 0 Å². The van der Waals surface area contributed by atoms with E-state index in [1.807, 2.05) is 0 Å². The fraction of sp³-hybridized carbons (Fsp3) is 0.889. The van der Waals surface area contributed by atoms with Crippen LogP contribution >= 0.6 is 0 Å². The molecule has 0 amide bonds. The van der Waals surface area contributed by atoms with Gasteiger partial charge in [0, 0.05) is 6.61 Å². The van der Waals surface area contributed by atoms with E-state index in [9.17, 15) is 9.90 Å². The van der Waals surface area contributed by atoms with Gasteiger partial charge in [0.25, 0.3) is 6.16 Å². The van der Waals surface area contributed by atoms with E-state index in [4.69, 9.17) is 0 Å². The molecule has 0 unspecified atom stereocenters. The van der Waals surface area contributed by atoms with Crippen molar-refractivity contribution < 1.29 is 19.5 Å². The smallest absolute Gasteiger partial charge is 0.251 e. The largest absolute Gasteiger partial charge is 0.550 e. The van der Waals surface area contributed by atoms with Gasteiger partial charge in [-0.2, -0.15) is 0 Å². The van der Waals surface area contributed by atoms with Crippen LogP contribution in [-0.2, 0) is 4.74 Å². The molecule has 0 saturated heterocycles. The van der Waals surface area contributed by atoms with Crippen molar-refractivity contribution >= 4 is 6.16 Å². The summed E-state index contributed by atoms with van der Waals surface area (Å²) in [6.07, 6.45) is -1.46. The molecule has 80 valence electrons. The predicted octanol–water partition coefficient (Wildman–Crippen LogP) is -0.703. The number of carbonyl (C=O) groups excluding carboxylic acids is 1. The molecular weight excluding hydrogens is 170 g/mol. The molecule has 0 rings (SSSR count). The topological polar surface area (TPSA) is 53.8 Å². The molecule has 0 aromatic heterocycles. The predicted molar refractivity (Wildman–Crippen MR) is 49.6 cm³/mol. The van der Waals surface area contributed by atoms with Crippen molar-refractivity contribution in [3.8, 4) is 0 Å². The molecule has 13 heavy (non-hydrogen) atoms. The Morgan fingerprint density at radius 3 is 1.54 bits per heavy atom. The highest BCUT2D eigenvalue weighted by Crippen LogP contribution is 1.65. The number of hydrogen-bond donors (Lipinski definition) is 1. The Kier molecular flexibility index (Phi) is 12.7. The fourth-order valence-electron chi connectivity index (χ4n) is 0.868. The molecule has 0 aliphatic carbocycles. The van der Waals surface area contributed by atoms with E-state index in [0.717, 1.165) is 0 Å². The number of nitrogens with one attached hydrogen (secondary N) is 1. The summed E-state index contributed by atoms with van der Waals surface area (Å²) in [6, 6.07) is 0. The summed E-state index contributed by atoms with van der Waals surface area (Å²) >= 11 is 0. The molecule has 0 aromatic rings. The SMILES string of the molecule is CCOC(=O)[O-].CC[NH+](CC)CC. The van der Waals surface area contributed by atoms with Crippen molar-refractivity contribution in [1.29, 1.82) is 0 Å². The lowest BCUT2D eigenvalue weighted by molar-refractivity contribution is -0.894. The van der Waals surface area contributed by atoms with E-state index in [2.05, 4.69) is 25.5 Å². The Morgan fingerprint density at radius 1 is 1.15 bits per heavy atom. The van der Waals surface area contributed by atoms with Crippen molar-refractivity contribution in [1.82, 2.24) is 0 Å². The van der Waals surface area contributed by atoms with E-state index >= 15 is 0 Å². The molecule has 4 nitrogen and oxygen atoms in total. The Balaban J connectivity index is 0. The van der Waals surface area contributed by atoms with Gasteiger partial charge >= 0.3 is 0 Å². The highest BCUT2D eigenvalue weighted by atomic mass is 16.7. The van der Waals surface area contributed by atoms with Crippen LogP contribution in [0.25, 0.3) is 0 Å². The number of rotatable bonds is 4. The summed E-state index contributed by atoms with van der Waals surface area (Å²) in [6.45, 7) is 12.2. The number of ether oxygens (including phenoxy) is 1. The van der Waals surface area contributed by atoms with Crippen LogP contribution in [0.2, 0.25) is 0 Å². The average Bonchev–Trinajstić information content (AvgIpc) is 2.08. The van der Waals surface area contributed by atoms with Gasteiger partial charge in [0.15, 0.2) is 0 Å². The van der Waals surface area contributed by atoms with E-state index in [-0.39, 0.29) is 6.61 Å². The molecule has 0 aliphatic rings. The van der Waals surface area contributed by atoms with Gasteiger partial charge in [-0.1, -0.05) is 0 Å². The highest BCUT2D eigenvalue weighted by Gasteiger charge is 1.92. The fourth-order valence-corrected chi connectivity index (χ4v) is 0.868. The number of carbonyl (C=O) groups is 1. The van der Waals surface area contributed by atoms with Gasteiger partial charge in [-0.15, -0.1) is 0 Å². The van der Waals surface area contributed by atoms with Gasteiger partial charge in [0.2, 0.25) is 0 Å². The van der Waals surface area contributed by atoms with Gasteiger partial charge in [0.1, 0.15) is 0 Å². The quantitative estimate of drug-likeness (QED) is 0.598. The molecule has 0 spiro atoms. The van der Waals surface area contributed by atoms with Crippen LogP contribution in [0.3, 0.4) is 0 Å². The van der Waals surface area contributed by atoms with Crippen LogP contribution in [-0.4, -0.2) is 32.4 Å². The zero-order valence-electron chi connectivity index (χ0n) is 9.05. The third kappa shape index (κ3) is 14.1. The van der Waals surface area contributed by atoms with Gasteiger partial charge in [-0.3, -0.25) is 0 Å². The van der Waals surface area contributed by atoms with E-state index in [1.54, 1.807) is 11.8 Å². The maximum Gasteiger partial charge on any atom is 0.251 e. The lowest BCUT2D eigenvalue weighted by Crippen LogP contribution is -3.11. The van der Waals surface area contributed by atoms with Gasteiger partial charge in [0.05, 0.1) is 19.6 Å². The van der Waals surface area contributed by atoms with Gasteiger partial charge in [-0.25, -0.2) is 0 Å². The van der Waals surface area contributed by atoms with Crippen LogP contribution in [0.1, 0.15) is 27.7 Å². The second kappa shape index (κ2) is 11.2. The highest BCUT2D eigenvalue weighted by molar-refractivity contribution is 5.53. The van der Waals surface area contributed by atoms with Crippen molar-refractivity contribution in [2.45, 2.75) is 27.7 Å². The van der Waals surface area contributed by atoms with Crippen LogP contribution in [0.4, 0.5) is 4.79 Å². The average molecular weight is 191 g/mol. The maximum absolute atomic E-state index is 9.27. The normalized spacial score (nSPS) is 9.00. The third-order valence-corrected chi connectivity index (χ3v) is 1.76. The number of hydrogen-bond acceptors (Lipinski definition) is 3. The summed E-state index contributed by atoms with van der Waals surface area (Å²) in [5.41, 5.74) is 0. The lowest BCUT2D eigenvalue weighted by atomic mass is 10.5. The number of carboxylic acid groups (broad SMARTS) is 1. The van der Waals surface area contributed by atoms with Crippen molar-refractivity contribution in [2.75, 3.05) is 26.2 Å². The van der Waals surface area contributed by atoms with Crippen molar-refractivity contribution in [3.63, 3.8) is 0 Å². The molecule has 0 atom stereocenters. The van der Waals surface area contributed by atoms with Crippen LogP contribution < -0.4 is 10.0 Å². The van der Waals surface area contributed by atoms with E-state index < -0.39 is 6.16 Å². The first-order chi connectivity index (χ1) is 6.12. The van der Waals surface area contributed by atoms with E-state index in [1.165, 1.54) is 19.6 Å². The van der Waals surface area contributed by atoms with E-state index in [0.29, 0.717) is 0 Å². The molecule has 0 fully saturated rings. The molecule has 1 N–H and O–H groups in total. The molecule has 0 heterocycles. The standard InChI is InChI=1S/C6H15N.C3H6O3/c1-4-7(5-2)6-3;1-2-6-3(4)5/h4-6H2,1-3H3;2H2,1H3,(H,4,5). The van der Waals surface area contributed by atoms with Crippen LogP contribution in [0.5, 0.6) is 0 Å². The summed E-state index contributed by atoms with van der Waals surface area (Å²) in [5, 5.41) is 9.27. The Bertz CT molecular complexity index is 108. The Morgan fingerprint density at radius 2 is 1.54 bits per heavy atom. The molecule has 0 aromatic carbocycles. The second-order valence-corrected chi connectivity index (χ2v) is 2.49. The van der Waals surface area contributed by atoms with Gasteiger partial charge < -0.3 is 19.5 Å². The maximum atomic E-state index is 9.27. The Labute approximate surface area is 80.5 Å². The molecule has 0 saturated carbocycles. The molecule has 0 aliphatic heterocycles. The van der Waals surface area contributed by atoms with Crippen molar-refractivity contribution in [3.05, 3.63) is 0 Å². The summed E-state index contributed by atoms with van der Waals surface area (Å²) in [7, 11) is 0.